The minimum absolute atomic E-state index is 0.0123. The molecule has 5 nitrogen and oxygen atoms in total. The predicted molar refractivity (Wildman–Crippen MR) is 100 cm³/mol. The number of carbonyl (C=O) groups excluding carboxylic acids is 2. The molecular weight excluding hydrogens is 326 g/mol. The van der Waals surface area contributed by atoms with Crippen LogP contribution in [0.3, 0.4) is 0 Å². The Bertz CT molecular complexity index is 802. The Morgan fingerprint density at radius 2 is 1.85 bits per heavy atom. The first-order valence-electron chi connectivity index (χ1n) is 9.31. The number of pyridine rings is 1. The van der Waals surface area contributed by atoms with Crippen LogP contribution in [0.2, 0.25) is 0 Å². The number of rotatable bonds is 4. The molecule has 1 aromatic carbocycles. The van der Waals surface area contributed by atoms with Crippen molar-refractivity contribution in [1.29, 1.82) is 0 Å². The maximum absolute atomic E-state index is 12.8. The second kappa shape index (κ2) is 7.28. The van der Waals surface area contributed by atoms with Crippen molar-refractivity contribution in [3.8, 4) is 11.1 Å². The Labute approximate surface area is 153 Å². The summed E-state index contributed by atoms with van der Waals surface area (Å²) >= 11 is 0. The Balaban J connectivity index is 1.47. The molecule has 1 aromatic heterocycles. The van der Waals surface area contributed by atoms with E-state index in [1.54, 1.807) is 12.4 Å². The summed E-state index contributed by atoms with van der Waals surface area (Å²) in [7, 11) is 0. The van der Waals surface area contributed by atoms with Crippen LogP contribution in [-0.4, -0.2) is 34.8 Å². The van der Waals surface area contributed by atoms with Gasteiger partial charge in [-0.05, 0) is 37.3 Å². The third kappa shape index (κ3) is 3.62. The second-order valence-electron chi connectivity index (χ2n) is 7.17. The van der Waals surface area contributed by atoms with Crippen LogP contribution in [0, 0.1) is 11.8 Å². The molecule has 134 valence electrons. The minimum Gasteiger partial charge on any atom is -0.342 e. The van der Waals surface area contributed by atoms with Crippen LogP contribution >= 0.6 is 0 Å². The molecule has 1 saturated carbocycles. The fourth-order valence-corrected chi connectivity index (χ4v) is 3.57. The number of piperidine rings is 1. The number of amides is 2. The highest BCUT2D eigenvalue weighted by molar-refractivity contribution is 5.97. The number of nitrogens with one attached hydrogen (secondary N) is 1. The van der Waals surface area contributed by atoms with Crippen LogP contribution in [0.25, 0.3) is 11.1 Å². The Kier molecular flexibility index (Phi) is 4.69. The van der Waals surface area contributed by atoms with Gasteiger partial charge in [0.1, 0.15) is 0 Å². The van der Waals surface area contributed by atoms with E-state index in [1.165, 1.54) is 0 Å². The molecule has 1 unspecified atom stereocenters. The van der Waals surface area contributed by atoms with Crippen LogP contribution in [-0.2, 0) is 9.59 Å². The minimum atomic E-state index is -0.150. The molecule has 1 atom stereocenters. The number of likely N-dealkylation sites (tertiary alicyclic amines) is 1. The van der Waals surface area contributed by atoms with Crippen LogP contribution in [0.4, 0.5) is 5.69 Å². The molecule has 4 rings (SSSR count). The molecule has 2 aliphatic rings. The molecule has 1 aliphatic carbocycles. The van der Waals surface area contributed by atoms with E-state index >= 15 is 0 Å². The van der Waals surface area contributed by atoms with Crippen molar-refractivity contribution < 1.29 is 9.59 Å². The maximum Gasteiger partial charge on any atom is 0.229 e. The summed E-state index contributed by atoms with van der Waals surface area (Å²) in [5, 5.41) is 3.07. The van der Waals surface area contributed by atoms with E-state index < -0.39 is 0 Å². The summed E-state index contributed by atoms with van der Waals surface area (Å²) in [6, 6.07) is 11.7. The lowest BCUT2D eigenvalue weighted by molar-refractivity contribution is -0.135. The van der Waals surface area contributed by atoms with Gasteiger partial charge in [-0.15, -0.1) is 0 Å². The number of nitrogens with zero attached hydrogens (tertiary/aromatic N) is 2. The summed E-state index contributed by atoms with van der Waals surface area (Å²) in [6.45, 7) is 1.32. The van der Waals surface area contributed by atoms with Gasteiger partial charge in [0.25, 0.3) is 0 Å². The van der Waals surface area contributed by atoms with E-state index in [4.69, 9.17) is 0 Å². The van der Waals surface area contributed by atoms with Crippen molar-refractivity contribution >= 4 is 17.5 Å². The van der Waals surface area contributed by atoms with Crippen molar-refractivity contribution in [2.75, 3.05) is 18.4 Å². The lowest BCUT2D eigenvalue weighted by atomic mass is 9.96. The summed E-state index contributed by atoms with van der Waals surface area (Å²) < 4.78 is 0. The largest absolute Gasteiger partial charge is 0.342 e. The van der Waals surface area contributed by atoms with Gasteiger partial charge in [-0.3, -0.25) is 14.6 Å². The first-order chi connectivity index (χ1) is 12.7. The maximum atomic E-state index is 12.8. The fourth-order valence-electron chi connectivity index (χ4n) is 3.57. The van der Waals surface area contributed by atoms with Gasteiger partial charge in [0.2, 0.25) is 11.8 Å². The van der Waals surface area contributed by atoms with Gasteiger partial charge in [-0.1, -0.05) is 30.3 Å². The predicted octanol–water partition coefficient (Wildman–Crippen LogP) is 3.34. The van der Waals surface area contributed by atoms with E-state index in [-0.39, 0.29) is 23.7 Å². The molecule has 1 saturated heterocycles. The van der Waals surface area contributed by atoms with Gasteiger partial charge in [0.15, 0.2) is 0 Å². The Hall–Kier alpha value is -2.69. The van der Waals surface area contributed by atoms with Gasteiger partial charge in [0, 0.05) is 37.0 Å². The highest BCUT2D eigenvalue weighted by atomic mass is 16.2. The highest BCUT2D eigenvalue weighted by Gasteiger charge is 2.36. The molecule has 0 bridgehead atoms. The third-order valence-electron chi connectivity index (χ3n) is 5.19. The number of anilines is 1. The number of hydrogen-bond donors (Lipinski definition) is 1. The Morgan fingerprint density at radius 1 is 1.04 bits per heavy atom. The van der Waals surface area contributed by atoms with Gasteiger partial charge in [-0.2, -0.15) is 0 Å². The van der Waals surface area contributed by atoms with Crippen LogP contribution < -0.4 is 5.32 Å². The summed E-state index contributed by atoms with van der Waals surface area (Å²) in [5.74, 6) is 0.281. The summed E-state index contributed by atoms with van der Waals surface area (Å²) in [6.07, 6.45) is 7.18. The van der Waals surface area contributed by atoms with E-state index in [0.29, 0.717) is 6.54 Å². The lowest BCUT2D eigenvalue weighted by Crippen LogP contribution is -2.44. The standard InChI is InChI=1S/C21H23N3O2/c25-20(17-7-4-12-24(14-17)21(26)16-8-9-16)23-19-10-11-22-13-18(19)15-5-2-1-3-6-15/h1-3,5-6,10-11,13,16-17H,4,7-9,12,14H2,(H,22,23,25). The zero-order chi connectivity index (χ0) is 17.9. The van der Waals surface area contributed by atoms with Gasteiger partial charge < -0.3 is 10.2 Å². The zero-order valence-corrected chi connectivity index (χ0v) is 14.7. The molecule has 5 heteroatoms. The average Bonchev–Trinajstić information content (AvgIpc) is 3.54. The molecule has 26 heavy (non-hydrogen) atoms. The van der Waals surface area contributed by atoms with Crippen molar-refractivity contribution in [2.45, 2.75) is 25.7 Å². The molecule has 2 fully saturated rings. The number of benzene rings is 1. The quantitative estimate of drug-likeness (QED) is 0.921. The van der Waals surface area contributed by atoms with Crippen molar-refractivity contribution in [3.63, 3.8) is 0 Å². The second-order valence-corrected chi connectivity index (χ2v) is 7.17. The first-order valence-corrected chi connectivity index (χ1v) is 9.31. The van der Waals surface area contributed by atoms with Crippen molar-refractivity contribution in [3.05, 3.63) is 48.8 Å². The number of carbonyl (C=O) groups is 2. The summed E-state index contributed by atoms with van der Waals surface area (Å²) in [5.41, 5.74) is 2.69. The topological polar surface area (TPSA) is 62.3 Å². The summed E-state index contributed by atoms with van der Waals surface area (Å²) in [4.78, 5) is 31.2. The number of aromatic nitrogens is 1. The van der Waals surface area contributed by atoms with E-state index in [1.807, 2.05) is 41.3 Å². The molecule has 2 heterocycles. The fraction of sp³-hybridized carbons (Fsp3) is 0.381. The lowest BCUT2D eigenvalue weighted by Gasteiger charge is -2.32. The average molecular weight is 349 g/mol. The normalized spacial score (nSPS) is 19.8. The number of hydrogen-bond acceptors (Lipinski definition) is 3. The van der Waals surface area contributed by atoms with Gasteiger partial charge in [0.05, 0.1) is 11.6 Å². The molecular formula is C21H23N3O2. The van der Waals surface area contributed by atoms with Gasteiger partial charge >= 0.3 is 0 Å². The van der Waals surface area contributed by atoms with Crippen LogP contribution in [0.1, 0.15) is 25.7 Å². The molecule has 1 N–H and O–H groups in total. The van der Waals surface area contributed by atoms with E-state index in [0.717, 1.165) is 49.0 Å². The zero-order valence-electron chi connectivity index (χ0n) is 14.7. The SMILES string of the molecule is O=C(Nc1ccncc1-c1ccccc1)C1CCCN(C(=O)C2CC2)C1. The van der Waals surface area contributed by atoms with Gasteiger partial charge in [-0.25, -0.2) is 0 Å². The molecule has 2 amide bonds. The molecule has 2 aromatic rings. The smallest absolute Gasteiger partial charge is 0.229 e. The van der Waals surface area contributed by atoms with Crippen molar-refractivity contribution in [2.24, 2.45) is 11.8 Å². The highest BCUT2D eigenvalue weighted by Crippen LogP contribution is 2.33. The van der Waals surface area contributed by atoms with E-state index in [9.17, 15) is 9.59 Å². The Morgan fingerprint density at radius 3 is 2.62 bits per heavy atom. The van der Waals surface area contributed by atoms with E-state index in [2.05, 4.69) is 10.3 Å². The molecule has 0 radical (unpaired) electrons. The third-order valence-corrected chi connectivity index (χ3v) is 5.19. The molecule has 0 spiro atoms. The molecule has 1 aliphatic heterocycles. The van der Waals surface area contributed by atoms with Crippen LogP contribution in [0.15, 0.2) is 48.8 Å². The first kappa shape index (κ1) is 16.8. The van der Waals surface area contributed by atoms with Crippen LogP contribution in [0.5, 0.6) is 0 Å². The monoisotopic (exact) mass is 349 g/mol. The van der Waals surface area contributed by atoms with Crippen molar-refractivity contribution in [1.82, 2.24) is 9.88 Å².